The van der Waals surface area contributed by atoms with Gasteiger partial charge >= 0.3 is 45.1 Å². The zero-order valence-corrected chi connectivity index (χ0v) is 19.4. The van der Waals surface area contributed by atoms with Crippen LogP contribution in [0.4, 0.5) is 30.7 Å². The highest BCUT2D eigenvalue weighted by molar-refractivity contribution is 7.87. The third-order valence-electron chi connectivity index (χ3n) is 4.49. The highest BCUT2D eigenvalue weighted by atomic mass is 32.2. The van der Waals surface area contributed by atoms with Gasteiger partial charge in [-0.3, -0.25) is 9.35 Å². The van der Waals surface area contributed by atoms with Crippen molar-refractivity contribution in [1.29, 1.82) is 0 Å². The summed E-state index contributed by atoms with van der Waals surface area (Å²) in [5.41, 5.74) is -0.190. The van der Waals surface area contributed by atoms with E-state index in [2.05, 4.69) is 16.1 Å². The molecule has 1 rings (SSSR count). The number of alkyl halides is 7. The first-order chi connectivity index (χ1) is 16.3. The fourth-order valence-corrected chi connectivity index (χ4v) is 3.00. The molecule has 36 heavy (non-hydrogen) atoms. The van der Waals surface area contributed by atoms with Crippen LogP contribution in [0, 0.1) is 0 Å². The van der Waals surface area contributed by atoms with Gasteiger partial charge in [-0.05, 0) is 25.3 Å². The van der Waals surface area contributed by atoms with Gasteiger partial charge in [0.15, 0.2) is 0 Å². The molecule has 0 saturated carbocycles. The standard InChI is InChI=1S/C20H22F7NO7S/c1-13(2)15(29)35-18(19(23,24)25,16(30)28-12-14-8-4-3-5-9-14)34-11-7-6-10-17(21,22)20(26,27)36(31,32)33/h3-5,8-9H,1,6-7,10-12H2,2H3,(H,28,30)(H,31,32,33). The Labute approximate surface area is 201 Å². The number of unbranched alkanes of at least 4 members (excludes halogenated alkanes) is 1. The second-order valence-corrected chi connectivity index (χ2v) is 8.92. The number of benzene rings is 1. The summed E-state index contributed by atoms with van der Waals surface area (Å²) in [5.74, 6) is -13.2. The molecule has 0 aliphatic rings. The molecule has 204 valence electrons. The number of hydrogen-bond donors (Lipinski definition) is 2. The van der Waals surface area contributed by atoms with E-state index in [1.165, 1.54) is 24.3 Å². The van der Waals surface area contributed by atoms with Gasteiger partial charge in [-0.1, -0.05) is 36.9 Å². The van der Waals surface area contributed by atoms with Gasteiger partial charge in [0.2, 0.25) is 0 Å². The molecule has 0 spiro atoms. The molecule has 1 aromatic rings. The zero-order valence-electron chi connectivity index (χ0n) is 18.6. The first kappa shape index (κ1) is 31.3. The number of nitrogens with one attached hydrogen (secondary N) is 1. The van der Waals surface area contributed by atoms with Crippen LogP contribution < -0.4 is 5.32 Å². The van der Waals surface area contributed by atoms with E-state index in [4.69, 9.17) is 4.55 Å². The molecule has 16 heteroatoms. The Morgan fingerprint density at radius 3 is 2.06 bits per heavy atom. The van der Waals surface area contributed by atoms with Gasteiger partial charge in [0.25, 0.3) is 0 Å². The molecule has 1 unspecified atom stereocenters. The third-order valence-corrected chi connectivity index (χ3v) is 5.44. The molecule has 8 nitrogen and oxygen atoms in total. The van der Waals surface area contributed by atoms with Gasteiger partial charge in [-0.2, -0.15) is 39.2 Å². The minimum absolute atomic E-state index is 0.357. The molecule has 0 radical (unpaired) electrons. The fourth-order valence-electron chi connectivity index (χ4n) is 2.52. The van der Waals surface area contributed by atoms with E-state index >= 15 is 0 Å². The molecule has 0 aromatic heterocycles. The Bertz CT molecular complexity index is 1050. The number of halogens is 7. The van der Waals surface area contributed by atoms with E-state index in [9.17, 15) is 48.7 Å². The van der Waals surface area contributed by atoms with E-state index in [1.807, 2.05) is 5.32 Å². The average molecular weight is 553 g/mol. The van der Waals surface area contributed by atoms with Gasteiger partial charge in [0.1, 0.15) is 0 Å². The Hall–Kier alpha value is -2.72. The number of hydrogen-bond acceptors (Lipinski definition) is 6. The second kappa shape index (κ2) is 11.6. The molecule has 0 bridgehead atoms. The first-order valence-corrected chi connectivity index (χ1v) is 11.4. The largest absolute Gasteiger partial charge is 0.466 e. The maximum Gasteiger partial charge on any atom is 0.466 e. The predicted octanol–water partition coefficient (Wildman–Crippen LogP) is 3.98. The maximum absolute atomic E-state index is 14.0. The van der Waals surface area contributed by atoms with Crippen LogP contribution >= 0.6 is 0 Å². The number of carbonyl (C=O) groups is 2. The van der Waals surface area contributed by atoms with Gasteiger partial charge in [-0.25, -0.2) is 4.79 Å². The SMILES string of the molecule is C=C(C)C(=O)OC(OCCCCC(F)(F)C(F)(F)S(=O)(=O)O)(C(=O)NCc1ccccc1)C(F)(F)F. The average Bonchev–Trinajstić information content (AvgIpc) is 2.75. The van der Waals surface area contributed by atoms with Gasteiger partial charge in [0.05, 0.1) is 6.61 Å². The second-order valence-electron chi connectivity index (χ2n) is 7.45. The normalized spacial score (nSPS) is 14.6. The molecule has 0 aliphatic carbocycles. The minimum Gasteiger partial charge on any atom is -0.412 e. The van der Waals surface area contributed by atoms with E-state index in [0.717, 1.165) is 6.92 Å². The molecule has 1 amide bonds. The van der Waals surface area contributed by atoms with Crippen LogP contribution in [0.2, 0.25) is 0 Å². The summed E-state index contributed by atoms with van der Waals surface area (Å²) in [4.78, 5) is 24.4. The summed E-state index contributed by atoms with van der Waals surface area (Å²) in [7, 11) is -6.49. The molecular formula is C20H22F7NO7S. The number of carbonyl (C=O) groups excluding carboxylic acids is 2. The lowest BCUT2D eigenvalue weighted by Crippen LogP contribution is -2.61. The van der Waals surface area contributed by atoms with Crippen LogP contribution in [0.25, 0.3) is 0 Å². The first-order valence-electron chi connectivity index (χ1n) is 9.93. The quantitative estimate of drug-likeness (QED) is 0.0947. The van der Waals surface area contributed by atoms with Gasteiger partial charge < -0.3 is 14.8 Å². The monoisotopic (exact) mass is 553 g/mol. The maximum atomic E-state index is 14.0. The van der Waals surface area contributed by atoms with Crippen molar-refractivity contribution in [3.05, 3.63) is 48.0 Å². The predicted molar refractivity (Wildman–Crippen MR) is 109 cm³/mol. The Kier molecular flexibility index (Phi) is 10.1. The lowest BCUT2D eigenvalue weighted by molar-refractivity contribution is -0.347. The number of amides is 1. The summed E-state index contributed by atoms with van der Waals surface area (Å²) in [6.45, 7) is 2.41. The van der Waals surface area contributed by atoms with E-state index in [0.29, 0.717) is 5.56 Å². The zero-order chi connectivity index (χ0) is 28.0. The molecule has 0 heterocycles. The molecule has 0 saturated heterocycles. The van der Waals surface area contributed by atoms with Gasteiger partial charge in [-0.15, -0.1) is 0 Å². The van der Waals surface area contributed by atoms with Crippen LogP contribution in [-0.4, -0.2) is 54.6 Å². The summed E-state index contributed by atoms with van der Waals surface area (Å²) in [5, 5.41) is -3.97. The molecule has 0 aliphatic heterocycles. The van der Waals surface area contributed by atoms with Crippen molar-refractivity contribution in [1.82, 2.24) is 5.32 Å². The summed E-state index contributed by atoms with van der Waals surface area (Å²) < 4.78 is 134. The highest BCUT2D eigenvalue weighted by Gasteiger charge is 2.67. The van der Waals surface area contributed by atoms with Crippen molar-refractivity contribution in [2.75, 3.05) is 6.61 Å². The number of ether oxygens (including phenoxy) is 2. The van der Waals surface area contributed by atoms with Crippen molar-refractivity contribution in [2.45, 2.75) is 55.9 Å². The molecular weight excluding hydrogens is 531 g/mol. The summed E-state index contributed by atoms with van der Waals surface area (Å²) in [6.07, 6.45) is -9.45. The number of esters is 1. The summed E-state index contributed by atoms with van der Waals surface area (Å²) in [6, 6.07) is 7.56. The van der Waals surface area contributed by atoms with Crippen LogP contribution in [0.5, 0.6) is 0 Å². The minimum atomic E-state index is -6.49. The highest BCUT2D eigenvalue weighted by Crippen LogP contribution is 2.42. The van der Waals surface area contributed by atoms with Gasteiger partial charge in [0, 0.05) is 18.5 Å². The van der Waals surface area contributed by atoms with Crippen LogP contribution in [0.3, 0.4) is 0 Å². The Balaban J connectivity index is 3.04. The Morgan fingerprint density at radius 1 is 1.03 bits per heavy atom. The van der Waals surface area contributed by atoms with Crippen molar-refractivity contribution in [3.63, 3.8) is 0 Å². The van der Waals surface area contributed by atoms with Crippen LogP contribution in [0.15, 0.2) is 42.5 Å². The van der Waals surface area contributed by atoms with Crippen LogP contribution in [-0.2, 0) is 35.7 Å². The molecule has 0 fully saturated rings. The topological polar surface area (TPSA) is 119 Å². The number of rotatable bonds is 13. The third kappa shape index (κ3) is 7.39. The Morgan fingerprint density at radius 2 is 1.58 bits per heavy atom. The molecule has 2 N–H and O–H groups in total. The van der Waals surface area contributed by atoms with Crippen molar-refractivity contribution < 1.29 is 62.8 Å². The molecule has 1 atom stereocenters. The summed E-state index contributed by atoms with van der Waals surface area (Å²) >= 11 is 0. The smallest absolute Gasteiger partial charge is 0.412 e. The van der Waals surface area contributed by atoms with E-state index in [1.54, 1.807) is 6.07 Å². The van der Waals surface area contributed by atoms with Crippen molar-refractivity contribution in [3.8, 4) is 0 Å². The fraction of sp³-hybridized carbons (Fsp3) is 0.500. The lowest BCUT2D eigenvalue weighted by atomic mass is 10.1. The van der Waals surface area contributed by atoms with Crippen molar-refractivity contribution in [2.24, 2.45) is 0 Å². The van der Waals surface area contributed by atoms with Crippen molar-refractivity contribution >= 4 is 22.0 Å². The van der Waals surface area contributed by atoms with E-state index < -0.39 is 83.1 Å². The lowest BCUT2D eigenvalue weighted by Gasteiger charge is -2.33. The molecule has 1 aromatic carbocycles. The van der Waals surface area contributed by atoms with Crippen LogP contribution in [0.1, 0.15) is 31.7 Å². The van der Waals surface area contributed by atoms with E-state index in [-0.39, 0.29) is 0 Å².